The maximum absolute atomic E-state index is 4.49. The molecule has 0 bridgehead atoms. The molecule has 0 radical (unpaired) electrons. The summed E-state index contributed by atoms with van der Waals surface area (Å²) in [4.78, 5) is 8.64. The van der Waals surface area contributed by atoms with E-state index in [0.29, 0.717) is 6.04 Å². The summed E-state index contributed by atoms with van der Waals surface area (Å²) in [6.07, 6.45) is 8.54. The Morgan fingerprint density at radius 3 is 2.94 bits per heavy atom. The second kappa shape index (κ2) is 4.31. The molecule has 17 heavy (non-hydrogen) atoms. The minimum atomic E-state index is 0.525. The van der Waals surface area contributed by atoms with Crippen LogP contribution < -0.4 is 5.32 Å². The molecule has 1 aliphatic rings. The largest absolute Gasteiger partial charge is 0.370 e. The van der Waals surface area contributed by atoms with Crippen molar-refractivity contribution in [1.82, 2.24) is 19.7 Å². The first-order chi connectivity index (χ1) is 8.40. The maximum atomic E-state index is 4.49. The third-order valence-corrected chi connectivity index (χ3v) is 3.41. The highest BCUT2D eigenvalue weighted by Gasteiger charge is 2.20. The van der Waals surface area contributed by atoms with Crippen molar-refractivity contribution in [2.45, 2.75) is 38.6 Å². The van der Waals surface area contributed by atoms with Gasteiger partial charge in [0.2, 0.25) is 0 Å². The highest BCUT2D eigenvalue weighted by Crippen LogP contribution is 2.31. The van der Waals surface area contributed by atoms with Crippen molar-refractivity contribution in [2.75, 3.05) is 11.9 Å². The molecule has 5 heteroatoms. The lowest BCUT2D eigenvalue weighted by atomic mass is 10.2. The lowest BCUT2D eigenvalue weighted by Crippen LogP contribution is -2.07. The topological polar surface area (TPSA) is 55.6 Å². The summed E-state index contributed by atoms with van der Waals surface area (Å²) < 4.78 is 2.07. The quantitative estimate of drug-likeness (QED) is 0.881. The average molecular weight is 231 g/mol. The van der Waals surface area contributed by atoms with E-state index in [2.05, 4.69) is 32.0 Å². The Kier molecular flexibility index (Phi) is 2.66. The molecule has 90 valence electrons. The molecule has 1 saturated carbocycles. The van der Waals surface area contributed by atoms with Crippen LogP contribution in [-0.2, 0) is 0 Å². The van der Waals surface area contributed by atoms with E-state index in [1.807, 2.05) is 6.20 Å². The first-order valence-electron chi connectivity index (χ1n) is 6.32. The van der Waals surface area contributed by atoms with Crippen molar-refractivity contribution in [3.05, 3.63) is 12.5 Å². The van der Waals surface area contributed by atoms with Crippen molar-refractivity contribution in [3.63, 3.8) is 0 Å². The van der Waals surface area contributed by atoms with Crippen LogP contribution in [0.5, 0.6) is 0 Å². The van der Waals surface area contributed by atoms with E-state index in [-0.39, 0.29) is 0 Å². The van der Waals surface area contributed by atoms with Gasteiger partial charge in [0.1, 0.15) is 12.1 Å². The van der Waals surface area contributed by atoms with Gasteiger partial charge in [-0.1, -0.05) is 12.8 Å². The lowest BCUT2D eigenvalue weighted by Gasteiger charge is -2.10. The van der Waals surface area contributed by atoms with Gasteiger partial charge < -0.3 is 5.32 Å². The normalized spacial score (nSPS) is 16.8. The molecular weight excluding hydrogens is 214 g/mol. The molecule has 2 aromatic heterocycles. The van der Waals surface area contributed by atoms with Crippen LogP contribution in [-0.4, -0.2) is 26.3 Å². The molecule has 0 amide bonds. The van der Waals surface area contributed by atoms with Gasteiger partial charge in [0.15, 0.2) is 5.65 Å². The maximum Gasteiger partial charge on any atom is 0.163 e. The van der Waals surface area contributed by atoms with Crippen molar-refractivity contribution in [1.29, 1.82) is 0 Å². The Morgan fingerprint density at radius 1 is 1.35 bits per heavy atom. The van der Waals surface area contributed by atoms with Crippen LogP contribution in [0.25, 0.3) is 11.0 Å². The van der Waals surface area contributed by atoms with E-state index < -0.39 is 0 Å². The minimum absolute atomic E-state index is 0.525. The first-order valence-corrected chi connectivity index (χ1v) is 6.32. The highest BCUT2D eigenvalue weighted by molar-refractivity contribution is 5.86. The monoisotopic (exact) mass is 231 g/mol. The van der Waals surface area contributed by atoms with Crippen molar-refractivity contribution >= 4 is 16.9 Å². The molecule has 0 saturated heterocycles. The van der Waals surface area contributed by atoms with Crippen LogP contribution in [0.3, 0.4) is 0 Å². The standard InChI is InChI=1S/C12H17N5/c1-2-13-11-10-7-16-17(9-5-3-4-6-9)12(10)15-8-14-11/h7-9H,2-6H2,1H3,(H,13,14,15). The number of rotatable bonds is 3. The molecule has 2 aromatic rings. The van der Waals surface area contributed by atoms with Crippen LogP contribution in [0.1, 0.15) is 38.6 Å². The molecule has 1 aliphatic carbocycles. The number of hydrogen-bond acceptors (Lipinski definition) is 4. The summed E-state index contributed by atoms with van der Waals surface area (Å²) in [5.41, 5.74) is 0.961. The summed E-state index contributed by atoms with van der Waals surface area (Å²) in [5, 5.41) is 8.77. The van der Waals surface area contributed by atoms with Gasteiger partial charge in [-0.15, -0.1) is 0 Å². The number of fused-ring (bicyclic) bond motifs is 1. The van der Waals surface area contributed by atoms with Crippen LogP contribution in [0.2, 0.25) is 0 Å². The van der Waals surface area contributed by atoms with Crippen LogP contribution in [0, 0.1) is 0 Å². The fourth-order valence-electron chi connectivity index (χ4n) is 2.59. The molecule has 0 atom stereocenters. The summed E-state index contributed by atoms with van der Waals surface area (Å²) >= 11 is 0. The fourth-order valence-corrected chi connectivity index (χ4v) is 2.59. The Morgan fingerprint density at radius 2 is 2.18 bits per heavy atom. The van der Waals surface area contributed by atoms with Crippen LogP contribution in [0.15, 0.2) is 12.5 Å². The predicted molar refractivity (Wildman–Crippen MR) is 67.0 cm³/mol. The third kappa shape index (κ3) is 1.75. The van der Waals surface area contributed by atoms with E-state index in [0.717, 1.165) is 23.4 Å². The Hall–Kier alpha value is -1.65. The molecule has 1 fully saturated rings. The SMILES string of the molecule is CCNc1ncnc2c1cnn2C1CCCC1. The highest BCUT2D eigenvalue weighted by atomic mass is 15.3. The molecule has 1 N–H and O–H groups in total. The molecule has 0 unspecified atom stereocenters. The van der Waals surface area contributed by atoms with Gasteiger partial charge in [-0.05, 0) is 19.8 Å². The van der Waals surface area contributed by atoms with Gasteiger partial charge in [0, 0.05) is 6.54 Å². The summed E-state index contributed by atoms with van der Waals surface area (Å²) in [6.45, 7) is 2.93. The summed E-state index contributed by atoms with van der Waals surface area (Å²) in [7, 11) is 0. The Balaban J connectivity index is 2.06. The predicted octanol–water partition coefficient (Wildman–Crippen LogP) is 2.37. The molecule has 3 rings (SSSR count). The van der Waals surface area contributed by atoms with Crippen LogP contribution in [0.4, 0.5) is 5.82 Å². The third-order valence-electron chi connectivity index (χ3n) is 3.41. The zero-order valence-corrected chi connectivity index (χ0v) is 10.1. The molecular formula is C12H17N5. The van der Waals surface area contributed by atoms with Gasteiger partial charge >= 0.3 is 0 Å². The zero-order chi connectivity index (χ0) is 11.7. The lowest BCUT2D eigenvalue weighted by molar-refractivity contribution is 0.478. The second-order valence-electron chi connectivity index (χ2n) is 4.52. The first kappa shape index (κ1) is 10.5. The summed E-state index contributed by atoms with van der Waals surface area (Å²) in [5.74, 6) is 0.891. The minimum Gasteiger partial charge on any atom is -0.370 e. The van der Waals surface area contributed by atoms with Gasteiger partial charge in [-0.3, -0.25) is 0 Å². The van der Waals surface area contributed by atoms with Crippen molar-refractivity contribution in [3.8, 4) is 0 Å². The van der Waals surface area contributed by atoms with Crippen molar-refractivity contribution < 1.29 is 0 Å². The smallest absolute Gasteiger partial charge is 0.163 e. The Bertz CT molecular complexity index is 513. The average Bonchev–Trinajstić information content (AvgIpc) is 2.97. The molecule has 0 aliphatic heterocycles. The fraction of sp³-hybridized carbons (Fsp3) is 0.583. The van der Waals surface area contributed by atoms with Gasteiger partial charge in [-0.2, -0.15) is 5.10 Å². The number of anilines is 1. The van der Waals surface area contributed by atoms with E-state index in [4.69, 9.17) is 0 Å². The zero-order valence-electron chi connectivity index (χ0n) is 10.1. The number of nitrogens with one attached hydrogen (secondary N) is 1. The van der Waals surface area contributed by atoms with Crippen LogP contribution >= 0.6 is 0 Å². The van der Waals surface area contributed by atoms with E-state index in [1.54, 1.807) is 6.33 Å². The Labute approximate surface area is 100 Å². The molecule has 0 spiro atoms. The van der Waals surface area contributed by atoms with E-state index >= 15 is 0 Å². The van der Waals surface area contributed by atoms with Crippen molar-refractivity contribution in [2.24, 2.45) is 0 Å². The summed E-state index contributed by atoms with van der Waals surface area (Å²) in [6, 6.07) is 0.525. The van der Waals surface area contributed by atoms with Gasteiger partial charge in [0.25, 0.3) is 0 Å². The van der Waals surface area contributed by atoms with Gasteiger partial charge in [0.05, 0.1) is 17.6 Å². The number of hydrogen-bond donors (Lipinski definition) is 1. The molecule has 0 aromatic carbocycles. The van der Waals surface area contributed by atoms with E-state index in [1.165, 1.54) is 25.7 Å². The molecule has 5 nitrogen and oxygen atoms in total. The molecule has 2 heterocycles. The second-order valence-corrected chi connectivity index (χ2v) is 4.52. The van der Waals surface area contributed by atoms with Gasteiger partial charge in [-0.25, -0.2) is 14.6 Å². The number of nitrogens with zero attached hydrogens (tertiary/aromatic N) is 4. The van der Waals surface area contributed by atoms with E-state index in [9.17, 15) is 0 Å². The number of aromatic nitrogens is 4.